The van der Waals surface area contributed by atoms with Crippen molar-refractivity contribution in [1.29, 1.82) is 0 Å². The molecular formula is C15H18ClNS. The third-order valence-electron chi connectivity index (χ3n) is 3.08. The van der Waals surface area contributed by atoms with Gasteiger partial charge in [-0.05, 0) is 31.0 Å². The Bertz CT molecular complexity index is 480. The van der Waals surface area contributed by atoms with Crippen LogP contribution in [0.25, 0.3) is 0 Å². The van der Waals surface area contributed by atoms with Gasteiger partial charge in [0.05, 0.1) is 4.34 Å². The van der Waals surface area contributed by atoms with E-state index in [-0.39, 0.29) is 0 Å². The molecule has 0 amide bonds. The number of benzene rings is 1. The van der Waals surface area contributed by atoms with Gasteiger partial charge in [0.1, 0.15) is 0 Å². The predicted octanol–water partition coefficient (Wildman–Crippen LogP) is 5.20. The SMILES string of the molecule is CCC(NC(C)c1ccc(Cl)s1)c1ccccc1. The number of hydrogen-bond acceptors (Lipinski definition) is 2. The lowest BCUT2D eigenvalue weighted by atomic mass is 10.0. The lowest BCUT2D eigenvalue weighted by Gasteiger charge is -2.22. The van der Waals surface area contributed by atoms with Gasteiger partial charge in [0.2, 0.25) is 0 Å². The van der Waals surface area contributed by atoms with Gasteiger partial charge in [-0.1, -0.05) is 48.9 Å². The number of nitrogens with one attached hydrogen (secondary N) is 1. The molecule has 1 aromatic carbocycles. The van der Waals surface area contributed by atoms with Gasteiger partial charge in [0, 0.05) is 17.0 Å². The van der Waals surface area contributed by atoms with E-state index in [1.54, 1.807) is 11.3 Å². The van der Waals surface area contributed by atoms with Gasteiger partial charge in [-0.15, -0.1) is 11.3 Å². The molecule has 1 aromatic heterocycles. The minimum Gasteiger partial charge on any atom is -0.303 e. The molecule has 0 bridgehead atoms. The fourth-order valence-corrected chi connectivity index (χ4v) is 3.15. The van der Waals surface area contributed by atoms with Gasteiger partial charge in [-0.2, -0.15) is 0 Å². The topological polar surface area (TPSA) is 12.0 Å². The molecule has 0 aliphatic carbocycles. The van der Waals surface area contributed by atoms with E-state index in [1.165, 1.54) is 10.4 Å². The van der Waals surface area contributed by atoms with E-state index in [1.807, 2.05) is 6.07 Å². The molecule has 0 saturated heterocycles. The summed E-state index contributed by atoms with van der Waals surface area (Å²) in [7, 11) is 0. The van der Waals surface area contributed by atoms with Crippen molar-refractivity contribution >= 4 is 22.9 Å². The van der Waals surface area contributed by atoms with Crippen LogP contribution in [0.3, 0.4) is 0 Å². The Morgan fingerprint density at radius 1 is 1.17 bits per heavy atom. The van der Waals surface area contributed by atoms with Gasteiger partial charge < -0.3 is 5.32 Å². The van der Waals surface area contributed by atoms with Crippen LogP contribution in [0.2, 0.25) is 4.34 Å². The Balaban J connectivity index is 2.07. The highest BCUT2D eigenvalue weighted by Gasteiger charge is 2.14. The molecule has 2 unspecified atom stereocenters. The van der Waals surface area contributed by atoms with Crippen LogP contribution in [0.15, 0.2) is 42.5 Å². The molecule has 2 atom stereocenters. The van der Waals surface area contributed by atoms with Crippen LogP contribution < -0.4 is 5.32 Å². The second kappa shape index (κ2) is 6.37. The molecule has 1 heterocycles. The lowest BCUT2D eigenvalue weighted by molar-refractivity contribution is 0.460. The number of hydrogen-bond donors (Lipinski definition) is 1. The Kier molecular flexibility index (Phi) is 4.81. The van der Waals surface area contributed by atoms with E-state index in [0.717, 1.165) is 10.8 Å². The highest BCUT2D eigenvalue weighted by Crippen LogP contribution is 2.29. The summed E-state index contributed by atoms with van der Waals surface area (Å²) in [6.07, 6.45) is 1.08. The summed E-state index contributed by atoms with van der Waals surface area (Å²) in [6.45, 7) is 4.40. The van der Waals surface area contributed by atoms with Crippen molar-refractivity contribution in [2.75, 3.05) is 0 Å². The van der Waals surface area contributed by atoms with Crippen molar-refractivity contribution < 1.29 is 0 Å². The lowest BCUT2D eigenvalue weighted by Crippen LogP contribution is -2.23. The first-order valence-electron chi connectivity index (χ1n) is 6.27. The molecule has 1 nitrogen and oxygen atoms in total. The van der Waals surface area contributed by atoms with Crippen molar-refractivity contribution in [3.63, 3.8) is 0 Å². The van der Waals surface area contributed by atoms with Crippen molar-refractivity contribution in [2.24, 2.45) is 0 Å². The maximum atomic E-state index is 5.98. The highest BCUT2D eigenvalue weighted by atomic mass is 35.5. The first-order chi connectivity index (χ1) is 8.70. The summed E-state index contributed by atoms with van der Waals surface area (Å²) in [6, 6.07) is 15.4. The van der Waals surface area contributed by atoms with Gasteiger partial charge >= 0.3 is 0 Å². The predicted molar refractivity (Wildman–Crippen MR) is 80.4 cm³/mol. The molecule has 0 aliphatic heterocycles. The standard InChI is InChI=1S/C15H18ClNS/c1-3-13(12-7-5-4-6-8-12)17-11(2)14-9-10-15(16)18-14/h4-11,13,17H,3H2,1-2H3. The van der Waals surface area contributed by atoms with Crippen LogP contribution in [0.5, 0.6) is 0 Å². The second-order valence-electron chi connectivity index (χ2n) is 4.40. The number of thiophene rings is 1. The van der Waals surface area contributed by atoms with Crippen LogP contribution in [-0.4, -0.2) is 0 Å². The fourth-order valence-electron chi connectivity index (χ4n) is 2.08. The zero-order valence-electron chi connectivity index (χ0n) is 10.7. The van der Waals surface area contributed by atoms with Crippen molar-refractivity contribution in [2.45, 2.75) is 32.4 Å². The van der Waals surface area contributed by atoms with E-state index in [0.29, 0.717) is 12.1 Å². The molecule has 1 N–H and O–H groups in total. The van der Waals surface area contributed by atoms with Crippen LogP contribution in [0, 0.1) is 0 Å². The molecule has 2 aromatic rings. The summed E-state index contributed by atoms with van der Waals surface area (Å²) in [5.41, 5.74) is 1.34. The first-order valence-corrected chi connectivity index (χ1v) is 7.46. The first kappa shape index (κ1) is 13.6. The molecule has 0 fully saturated rings. The van der Waals surface area contributed by atoms with Gasteiger partial charge in [0.15, 0.2) is 0 Å². The maximum Gasteiger partial charge on any atom is 0.0931 e. The summed E-state index contributed by atoms with van der Waals surface area (Å²) in [5.74, 6) is 0. The second-order valence-corrected chi connectivity index (χ2v) is 6.15. The van der Waals surface area contributed by atoms with Gasteiger partial charge in [0.25, 0.3) is 0 Å². The monoisotopic (exact) mass is 279 g/mol. The van der Waals surface area contributed by atoms with E-state index in [4.69, 9.17) is 11.6 Å². The minimum atomic E-state index is 0.327. The van der Waals surface area contributed by atoms with Crippen molar-refractivity contribution in [3.05, 3.63) is 57.2 Å². The number of rotatable bonds is 5. The normalized spacial score (nSPS) is 14.4. The third-order valence-corrected chi connectivity index (χ3v) is 4.50. The summed E-state index contributed by atoms with van der Waals surface area (Å²) >= 11 is 7.63. The molecule has 96 valence electrons. The number of halogens is 1. The Labute approximate surface area is 118 Å². The minimum absolute atomic E-state index is 0.327. The van der Waals surface area contributed by atoms with Crippen molar-refractivity contribution in [1.82, 2.24) is 5.32 Å². The molecule has 0 radical (unpaired) electrons. The van der Waals surface area contributed by atoms with Crippen LogP contribution >= 0.6 is 22.9 Å². The van der Waals surface area contributed by atoms with Crippen LogP contribution in [-0.2, 0) is 0 Å². The molecule has 0 aliphatic rings. The molecular weight excluding hydrogens is 262 g/mol. The zero-order chi connectivity index (χ0) is 13.0. The van der Waals surface area contributed by atoms with E-state index in [2.05, 4.69) is 55.6 Å². The Morgan fingerprint density at radius 3 is 2.44 bits per heavy atom. The van der Waals surface area contributed by atoms with E-state index < -0.39 is 0 Å². The molecule has 0 spiro atoms. The average molecular weight is 280 g/mol. The molecule has 18 heavy (non-hydrogen) atoms. The average Bonchev–Trinajstić information content (AvgIpc) is 2.83. The Hall–Kier alpha value is -0.830. The fraction of sp³-hybridized carbons (Fsp3) is 0.333. The quantitative estimate of drug-likeness (QED) is 0.793. The Morgan fingerprint density at radius 2 is 1.89 bits per heavy atom. The molecule has 3 heteroatoms. The smallest absolute Gasteiger partial charge is 0.0931 e. The van der Waals surface area contributed by atoms with Crippen molar-refractivity contribution in [3.8, 4) is 0 Å². The van der Waals surface area contributed by atoms with Crippen LogP contribution in [0.4, 0.5) is 0 Å². The van der Waals surface area contributed by atoms with E-state index in [9.17, 15) is 0 Å². The summed E-state index contributed by atoms with van der Waals surface area (Å²) in [4.78, 5) is 1.29. The summed E-state index contributed by atoms with van der Waals surface area (Å²) in [5, 5.41) is 3.66. The summed E-state index contributed by atoms with van der Waals surface area (Å²) < 4.78 is 0.853. The molecule has 0 saturated carbocycles. The highest BCUT2D eigenvalue weighted by molar-refractivity contribution is 7.16. The maximum absolute atomic E-state index is 5.98. The molecule has 2 rings (SSSR count). The van der Waals surface area contributed by atoms with E-state index >= 15 is 0 Å². The van der Waals surface area contributed by atoms with Gasteiger partial charge in [-0.3, -0.25) is 0 Å². The third kappa shape index (κ3) is 3.35. The zero-order valence-corrected chi connectivity index (χ0v) is 12.3. The van der Waals surface area contributed by atoms with Crippen LogP contribution in [0.1, 0.15) is 42.8 Å². The largest absolute Gasteiger partial charge is 0.303 e. The van der Waals surface area contributed by atoms with Gasteiger partial charge in [-0.25, -0.2) is 0 Å².